The molecule has 1 aromatic carbocycles. The van der Waals surface area contributed by atoms with Crippen molar-refractivity contribution in [2.24, 2.45) is 10.1 Å². The summed E-state index contributed by atoms with van der Waals surface area (Å²) in [5, 5.41) is 24.2. The number of nitrogens with one attached hydrogen (secondary N) is 1. The largest absolute Gasteiger partial charge is 0.504 e. The van der Waals surface area contributed by atoms with E-state index in [0.717, 1.165) is 0 Å². The highest BCUT2D eigenvalue weighted by atomic mass is 16.5. The minimum Gasteiger partial charge on any atom is -0.504 e. The molecule has 0 fully saturated rings. The van der Waals surface area contributed by atoms with E-state index in [0.29, 0.717) is 48.7 Å². The van der Waals surface area contributed by atoms with Crippen molar-refractivity contribution in [2.45, 2.75) is 13.3 Å². The fourth-order valence-corrected chi connectivity index (χ4v) is 2.23. The van der Waals surface area contributed by atoms with Gasteiger partial charge in [-0.1, -0.05) is 11.2 Å². The van der Waals surface area contributed by atoms with Gasteiger partial charge in [-0.05, 0) is 37.6 Å². The molecular weight excluding hydrogens is 348 g/mol. The smallest absolute Gasteiger partial charge is 0.252 e. The molecule has 1 heterocycles. The molecule has 0 aliphatic rings. The topological polar surface area (TPSA) is 116 Å². The van der Waals surface area contributed by atoms with Crippen LogP contribution in [0.25, 0.3) is 0 Å². The number of rotatable bonds is 9. The standard InChI is InChI=1S/C19H22N4O4/c1-2-27-17-6-3-5-14(18(17)24)11-20-9-4-10-21-19(25)15-7-8-16(13-23-26)22-12-15/h3,5-8,11-13,24,26H,2,4,9-10H2,1H3,(H,21,25)/b20-11?,23-13-. The summed E-state index contributed by atoms with van der Waals surface area (Å²) in [7, 11) is 0. The number of aromatic nitrogens is 1. The van der Waals surface area contributed by atoms with Crippen LogP contribution in [-0.2, 0) is 0 Å². The van der Waals surface area contributed by atoms with Crippen molar-refractivity contribution in [3.63, 3.8) is 0 Å². The van der Waals surface area contributed by atoms with Gasteiger partial charge in [0.1, 0.15) is 0 Å². The first-order chi connectivity index (χ1) is 13.2. The molecule has 8 nitrogen and oxygen atoms in total. The van der Waals surface area contributed by atoms with Gasteiger partial charge in [0.25, 0.3) is 5.91 Å². The van der Waals surface area contributed by atoms with Crippen LogP contribution in [0.1, 0.15) is 35.0 Å². The molecule has 0 unspecified atom stereocenters. The van der Waals surface area contributed by atoms with Gasteiger partial charge in [0, 0.05) is 31.1 Å². The first-order valence-corrected chi connectivity index (χ1v) is 8.52. The molecule has 0 saturated carbocycles. The van der Waals surface area contributed by atoms with Crippen molar-refractivity contribution in [1.29, 1.82) is 0 Å². The Kier molecular flexibility index (Phi) is 7.77. The van der Waals surface area contributed by atoms with E-state index in [1.807, 2.05) is 6.92 Å². The molecular formula is C19H22N4O4. The maximum absolute atomic E-state index is 12.0. The third-order valence-electron chi connectivity index (χ3n) is 3.55. The van der Waals surface area contributed by atoms with Gasteiger partial charge in [-0.15, -0.1) is 0 Å². The number of para-hydroxylation sites is 1. The van der Waals surface area contributed by atoms with Crippen molar-refractivity contribution in [3.05, 3.63) is 53.3 Å². The van der Waals surface area contributed by atoms with Gasteiger partial charge in [-0.3, -0.25) is 14.8 Å². The lowest BCUT2D eigenvalue weighted by Gasteiger charge is -2.07. The van der Waals surface area contributed by atoms with E-state index >= 15 is 0 Å². The monoisotopic (exact) mass is 370 g/mol. The summed E-state index contributed by atoms with van der Waals surface area (Å²) in [6, 6.07) is 8.43. The number of phenols is 1. The molecule has 0 aliphatic heterocycles. The van der Waals surface area contributed by atoms with E-state index in [4.69, 9.17) is 9.94 Å². The number of hydrogen-bond donors (Lipinski definition) is 3. The second kappa shape index (κ2) is 10.5. The maximum atomic E-state index is 12.0. The Balaban J connectivity index is 1.76. The molecule has 0 atom stereocenters. The van der Waals surface area contributed by atoms with E-state index in [2.05, 4.69) is 20.4 Å². The number of benzene rings is 1. The lowest BCUT2D eigenvalue weighted by molar-refractivity contribution is 0.0953. The second-order valence-electron chi connectivity index (χ2n) is 5.49. The SMILES string of the molecule is CCOc1cccc(C=NCCCNC(=O)c2ccc(/C=N\O)nc2)c1O. The molecule has 8 heteroatoms. The lowest BCUT2D eigenvalue weighted by atomic mass is 10.2. The molecule has 1 amide bonds. The Morgan fingerprint density at radius 2 is 2.15 bits per heavy atom. The molecule has 3 N–H and O–H groups in total. The first kappa shape index (κ1) is 19.9. The van der Waals surface area contributed by atoms with Gasteiger partial charge in [0.15, 0.2) is 11.5 Å². The van der Waals surface area contributed by atoms with Gasteiger partial charge in [0.05, 0.1) is 24.1 Å². The quantitative estimate of drug-likeness (QED) is 0.271. The average Bonchev–Trinajstić information content (AvgIpc) is 2.68. The number of oxime groups is 1. The molecule has 142 valence electrons. The predicted octanol–water partition coefficient (Wildman–Crippen LogP) is 2.23. The van der Waals surface area contributed by atoms with Gasteiger partial charge < -0.3 is 20.4 Å². The number of carbonyl (C=O) groups is 1. The van der Waals surface area contributed by atoms with Crippen LogP contribution in [0.3, 0.4) is 0 Å². The molecule has 0 saturated heterocycles. The zero-order valence-electron chi connectivity index (χ0n) is 15.0. The van der Waals surface area contributed by atoms with E-state index in [-0.39, 0.29) is 11.7 Å². The number of carbonyl (C=O) groups excluding carboxylic acids is 1. The summed E-state index contributed by atoms with van der Waals surface area (Å²) in [5.74, 6) is 0.262. The Hall–Kier alpha value is -3.42. The zero-order valence-corrected chi connectivity index (χ0v) is 15.0. The van der Waals surface area contributed by atoms with Gasteiger partial charge >= 0.3 is 0 Å². The van der Waals surface area contributed by atoms with Crippen LogP contribution in [0, 0.1) is 0 Å². The number of nitrogens with zero attached hydrogens (tertiary/aromatic N) is 3. The van der Waals surface area contributed by atoms with E-state index in [1.165, 1.54) is 12.4 Å². The molecule has 0 spiro atoms. The minimum atomic E-state index is -0.235. The molecule has 0 radical (unpaired) electrons. The molecule has 0 aliphatic carbocycles. The second-order valence-corrected chi connectivity index (χ2v) is 5.49. The first-order valence-electron chi connectivity index (χ1n) is 8.52. The molecule has 2 rings (SSSR count). The summed E-state index contributed by atoms with van der Waals surface area (Å²) in [6.07, 6.45) is 4.84. The summed E-state index contributed by atoms with van der Waals surface area (Å²) in [6.45, 7) is 3.28. The fraction of sp³-hybridized carbons (Fsp3) is 0.263. The highest BCUT2D eigenvalue weighted by Gasteiger charge is 2.06. The number of pyridine rings is 1. The number of phenolic OH excluding ortho intramolecular Hbond substituents is 1. The van der Waals surface area contributed by atoms with Crippen LogP contribution < -0.4 is 10.1 Å². The lowest BCUT2D eigenvalue weighted by Crippen LogP contribution is -2.25. The zero-order chi connectivity index (χ0) is 19.5. The maximum Gasteiger partial charge on any atom is 0.252 e. The van der Waals surface area contributed by atoms with Crippen LogP contribution in [0.4, 0.5) is 0 Å². The van der Waals surface area contributed by atoms with Crippen LogP contribution in [-0.4, -0.2) is 53.3 Å². The summed E-state index contributed by atoms with van der Waals surface area (Å²) in [5.41, 5.74) is 1.47. The highest BCUT2D eigenvalue weighted by Crippen LogP contribution is 2.28. The Morgan fingerprint density at radius 1 is 1.30 bits per heavy atom. The molecule has 2 aromatic rings. The van der Waals surface area contributed by atoms with Crippen LogP contribution >= 0.6 is 0 Å². The predicted molar refractivity (Wildman–Crippen MR) is 102 cm³/mol. The minimum absolute atomic E-state index is 0.0681. The van der Waals surface area contributed by atoms with Crippen molar-refractivity contribution >= 4 is 18.3 Å². The van der Waals surface area contributed by atoms with Crippen LogP contribution in [0.15, 0.2) is 46.7 Å². The van der Waals surface area contributed by atoms with E-state index in [1.54, 1.807) is 36.5 Å². The van der Waals surface area contributed by atoms with Gasteiger partial charge in [-0.25, -0.2) is 0 Å². The number of aliphatic imine (C=N–C) groups is 1. The number of amides is 1. The van der Waals surface area contributed by atoms with E-state index in [9.17, 15) is 9.90 Å². The van der Waals surface area contributed by atoms with E-state index < -0.39 is 0 Å². The van der Waals surface area contributed by atoms with Crippen LogP contribution in [0.2, 0.25) is 0 Å². The Bertz CT molecular complexity index is 804. The molecule has 1 aromatic heterocycles. The van der Waals surface area contributed by atoms with Crippen molar-refractivity contribution in [1.82, 2.24) is 10.3 Å². The summed E-state index contributed by atoms with van der Waals surface area (Å²) >= 11 is 0. The number of aromatic hydroxyl groups is 1. The van der Waals surface area contributed by atoms with Gasteiger partial charge in [0.2, 0.25) is 0 Å². The van der Waals surface area contributed by atoms with Gasteiger partial charge in [-0.2, -0.15) is 0 Å². The Morgan fingerprint density at radius 3 is 2.85 bits per heavy atom. The number of hydrogen-bond acceptors (Lipinski definition) is 7. The number of ether oxygens (including phenoxy) is 1. The third-order valence-corrected chi connectivity index (χ3v) is 3.55. The van der Waals surface area contributed by atoms with Crippen molar-refractivity contribution in [2.75, 3.05) is 19.7 Å². The average molecular weight is 370 g/mol. The van der Waals surface area contributed by atoms with Crippen molar-refractivity contribution < 1.29 is 19.8 Å². The summed E-state index contributed by atoms with van der Waals surface area (Å²) < 4.78 is 5.33. The van der Waals surface area contributed by atoms with Crippen molar-refractivity contribution in [3.8, 4) is 11.5 Å². The summed E-state index contributed by atoms with van der Waals surface area (Å²) in [4.78, 5) is 20.2. The molecule has 27 heavy (non-hydrogen) atoms. The normalized spacial score (nSPS) is 11.1. The highest BCUT2D eigenvalue weighted by molar-refractivity contribution is 5.94. The molecule has 0 bridgehead atoms. The third kappa shape index (κ3) is 6.10. The Labute approximate surface area is 157 Å². The van der Waals surface area contributed by atoms with Crippen LogP contribution in [0.5, 0.6) is 11.5 Å². The fourth-order valence-electron chi connectivity index (χ4n) is 2.23.